The predicted octanol–water partition coefficient (Wildman–Crippen LogP) is 1.79. The SMILES string of the molecule is CNC(c1cc(Cl)c(OC)c(OC)c1)c1cnnn1C. The summed E-state index contributed by atoms with van der Waals surface area (Å²) in [6, 6.07) is 3.64. The molecule has 1 heterocycles. The van der Waals surface area contributed by atoms with E-state index < -0.39 is 0 Å². The number of methoxy groups -OCH3 is 2. The van der Waals surface area contributed by atoms with Crippen molar-refractivity contribution in [3.8, 4) is 11.5 Å². The molecule has 2 aromatic rings. The number of nitrogens with one attached hydrogen (secondary N) is 1. The van der Waals surface area contributed by atoms with E-state index in [1.165, 1.54) is 0 Å². The number of halogens is 1. The van der Waals surface area contributed by atoms with E-state index in [9.17, 15) is 0 Å². The van der Waals surface area contributed by atoms with Gasteiger partial charge >= 0.3 is 0 Å². The topological polar surface area (TPSA) is 61.2 Å². The molecule has 0 fully saturated rings. The fourth-order valence-corrected chi connectivity index (χ4v) is 2.45. The van der Waals surface area contributed by atoms with Crippen molar-refractivity contribution in [3.05, 3.63) is 34.6 Å². The van der Waals surface area contributed by atoms with E-state index in [0.29, 0.717) is 16.5 Å². The average molecular weight is 297 g/mol. The lowest BCUT2D eigenvalue weighted by Crippen LogP contribution is -2.20. The van der Waals surface area contributed by atoms with Gasteiger partial charge in [-0.05, 0) is 24.7 Å². The van der Waals surface area contributed by atoms with Gasteiger partial charge < -0.3 is 14.8 Å². The van der Waals surface area contributed by atoms with Crippen LogP contribution in [0.25, 0.3) is 0 Å². The molecule has 108 valence electrons. The van der Waals surface area contributed by atoms with Gasteiger partial charge in [0.15, 0.2) is 11.5 Å². The van der Waals surface area contributed by atoms with Crippen LogP contribution in [0.1, 0.15) is 17.3 Å². The zero-order valence-electron chi connectivity index (χ0n) is 11.8. The summed E-state index contributed by atoms with van der Waals surface area (Å²) in [7, 11) is 6.85. The molecule has 0 aliphatic rings. The van der Waals surface area contributed by atoms with Crippen LogP contribution in [0.5, 0.6) is 11.5 Å². The summed E-state index contributed by atoms with van der Waals surface area (Å²) in [6.45, 7) is 0. The van der Waals surface area contributed by atoms with E-state index in [1.807, 2.05) is 26.2 Å². The summed E-state index contributed by atoms with van der Waals surface area (Å²) in [5.74, 6) is 1.11. The lowest BCUT2D eigenvalue weighted by atomic mass is 10.0. The van der Waals surface area contributed by atoms with Crippen molar-refractivity contribution in [2.75, 3.05) is 21.3 Å². The van der Waals surface area contributed by atoms with E-state index in [4.69, 9.17) is 21.1 Å². The number of aryl methyl sites for hydroxylation is 1. The highest BCUT2D eigenvalue weighted by Crippen LogP contribution is 2.38. The van der Waals surface area contributed by atoms with Gasteiger partial charge in [-0.25, -0.2) is 0 Å². The number of nitrogens with zero attached hydrogens (tertiary/aromatic N) is 3. The third-order valence-electron chi connectivity index (χ3n) is 3.12. The van der Waals surface area contributed by atoms with E-state index in [0.717, 1.165) is 11.3 Å². The van der Waals surface area contributed by atoms with Gasteiger partial charge in [0.2, 0.25) is 0 Å². The molecule has 0 amide bonds. The molecule has 0 aliphatic carbocycles. The second kappa shape index (κ2) is 6.11. The van der Waals surface area contributed by atoms with E-state index in [2.05, 4.69) is 15.6 Å². The molecule has 1 unspecified atom stereocenters. The number of rotatable bonds is 5. The van der Waals surface area contributed by atoms with Crippen molar-refractivity contribution >= 4 is 11.6 Å². The van der Waals surface area contributed by atoms with Gasteiger partial charge in [0.05, 0.1) is 37.2 Å². The lowest BCUT2D eigenvalue weighted by Gasteiger charge is -2.19. The zero-order chi connectivity index (χ0) is 14.7. The molecular weight excluding hydrogens is 280 g/mol. The van der Waals surface area contributed by atoms with E-state index >= 15 is 0 Å². The quantitative estimate of drug-likeness (QED) is 0.911. The molecule has 0 saturated heterocycles. The summed E-state index contributed by atoms with van der Waals surface area (Å²) in [5.41, 5.74) is 1.87. The highest BCUT2D eigenvalue weighted by molar-refractivity contribution is 6.32. The minimum Gasteiger partial charge on any atom is -0.493 e. The fraction of sp³-hybridized carbons (Fsp3) is 0.385. The Morgan fingerprint density at radius 1 is 1.30 bits per heavy atom. The summed E-state index contributed by atoms with van der Waals surface area (Å²) in [5, 5.41) is 11.6. The Morgan fingerprint density at radius 3 is 2.55 bits per heavy atom. The first-order chi connectivity index (χ1) is 9.62. The second-order valence-corrected chi connectivity index (χ2v) is 4.65. The first-order valence-electron chi connectivity index (χ1n) is 6.05. The maximum atomic E-state index is 6.24. The first-order valence-corrected chi connectivity index (χ1v) is 6.43. The normalized spacial score (nSPS) is 12.2. The Kier molecular flexibility index (Phi) is 4.46. The molecule has 1 aromatic heterocycles. The smallest absolute Gasteiger partial charge is 0.179 e. The molecule has 1 N–H and O–H groups in total. The van der Waals surface area contributed by atoms with Crippen molar-refractivity contribution in [2.45, 2.75) is 6.04 Å². The van der Waals surface area contributed by atoms with Crippen LogP contribution in [0.15, 0.2) is 18.3 Å². The average Bonchev–Trinajstić information content (AvgIpc) is 2.85. The molecule has 0 bridgehead atoms. The molecule has 0 aliphatic heterocycles. The van der Waals surface area contributed by atoms with Crippen molar-refractivity contribution in [1.82, 2.24) is 20.3 Å². The van der Waals surface area contributed by atoms with Crippen LogP contribution in [0.2, 0.25) is 5.02 Å². The minimum absolute atomic E-state index is 0.0905. The molecule has 0 saturated carbocycles. The van der Waals surface area contributed by atoms with Gasteiger partial charge in [0, 0.05) is 7.05 Å². The number of ether oxygens (including phenoxy) is 2. The van der Waals surface area contributed by atoms with Crippen LogP contribution in [0.3, 0.4) is 0 Å². The van der Waals surface area contributed by atoms with Gasteiger partial charge in [-0.15, -0.1) is 5.10 Å². The van der Waals surface area contributed by atoms with Gasteiger partial charge in [0.25, 0.3) is 0 Å². The van der Waals surface area contributed by atoms with Gasteiger partial charge in [-0.2, -0.15) is 0 Å². The third kappa shape index (κ3) is 2.57. The van der Waals surface area contributed by atoms with Crippen molar-refractivity contribution < 1.29 is 9.47 Å². The number of hydrogen-bond donors (Lipinski definition) is 1. The molecule has 0 radical (unpaired) electrons. The van der Waals surface area contributed by atoms with Crippen LogP contribution in [-0.2, 0) is 7.05 Å². The minimum atomic E-state index is -0.0905. The van der Waals surface area contributed by atoms with Crippen molar-refractivity contribution in [2.24, 2.45) is 7.05 Å². The van der Waals surface area contributed by atoms with Gasteiger partial charge in [-0.3, -0.25) is 4.68 Å². The van der Waals surface area contributed by atoms with Gasteiger partial charge in [-0.1, -0.05) is 16.8 Å². The molecule has 20 heavy (non-hydrogen) atoms. The Labute approximate surface area is 122 Å². The van der Waals surface area contributed by atoms with Crippen LogP contribution in [0, 0.1) is 0 Å². The van der Waals surface area contributed by atoms with Crippen LogP contribution >= 0.6 is 11.6 Å². The maximum Gasteiger partial charge on any atom is 0.179 e. The zero-order valence-corrected chi connectivity index (χ0v) is 12.6. The lowest BCUT2D eigenvalue weighted by molar-refractivity contribution is 0.354. The highest BCUT2D eigenvalue weighted by atomic mass is 35.5. The molecule has 1 atom stereocenters. The standard InChI is InChI=1S/C13H17ClN4O2/c1-15-12(10-7-16-17-18(10)2)8-5-9(14)13(20-4)11(6-8)19-3/h5-7,12,15H,1-4H3. The van der Waals surface area contributed by atoms with Gasteiger partial charge in [0.1, 0.15) is 0 Å². The largest absolute Gasteiger partial charge is 0.493 e. The Morgan fingerprint density at radius 2 is 2.05 bits per heavy atom. The van der Waals surface area contributed by atoms with Crippen LogP contribution in [0.4, 0.5) is 0 Å². The molecule has 0 spiro atoms. The molecule has 7 heteroatoms. The highest BCUT2D eigenvalue weighted by Gasteiger charge is 2.20. The Balaban J connectivity index is 2.51. The van der Waals surface area contributed by atoms with E-state index in [-0.39, 0.29) is 6.04 Å². The Bertz CT molecular complexity index is 600. The van der Waals surface area contributed by atoms with E-state index in [1.54, 1.807) is 25.1 Å². The molecule has 6 nitrogen and oxygen atoms in total. The monoisotopic (exact) mass is 296 g/mol. The number of benzene rings is 1. The molecular formula is C13H17ClN4O2. The molecule has 1 aromatic carbocycles. The summed E-state index contributed by atoms with van der Waals surface area (Å²) in [6.07, 6.45) is 1.71. The number of hydrogen-bond acceptors (Lipinski definition) is 5. The fourth-order valence-electron chi connectivity index (χ4n) is 2.15. The Hall–Kier alpha value is -1.79. The maximum absolute atomic E-state index is 6.24. The van der Waals surface area contributed by atoms with Crippen molar-refractivity contribution in [1.29, 1.82) is 0 Å². The predicted molar refractivity (Wildman–Crippen MR) is 76.5 cm³/mol. The second-order valence-electron chi connectivity index (χ2n) is 4.24. The number of aromatic nitrogens is 3. The molecule has 2 rings (SSSR count). The van der Waals surface area contributed by atoms with Crippen LogP contribution < -0.4 is 14.8 Å². The summed E-state index contributed by atoms with van der Waals surface area (Å²) >= 11 is 6.24. The summed E-state index contributed by atoms with van der Waals surface area (Å²) < 4.78 is 12.3. The summed E-state index contributed by atoms with van der Waals surface area (Å²) in [4.78, 5) is 0. The first kappa shape index (κ1) is 14.6. The third-order valence-corrected chi connectivity index (χ3v) is 3.40. The van der Waals surface area contributed by atoms with Crippen LogP contribution in [-0.4, -0.2) is 36.3 Å². The van der Waals surface area contributed by atoms with Crippen molar-refractivity contribution in [3.63, 3.8) is 0 Å².